The molecule has 3 heterocycles. The summed E-state index contributed by atoms with van der Waals surface area (Å²) >= 11 is 0. The second-order valence-electron chi connectivity index (χ2n) is 7.28. The lowest BCUT2D eigenvalue weighted by molar-refractivity contribution is 0.396. The number of anilines is 2. The molecule has 7 heteroatoms. The van der Waals surface area contributed by atoms with Crippen LogP contribution in [-0.2, 0) is 5.41 Å². The van der Waals surface area contributed by atoms with Crippen LogP contribution in [0.1, 0.15) is 32.3 Å². The van der Waals surface area contributed by atoms with E-state index in [2.05, 4.69) is 56.6 Å². The van der Waals surface area contributed by atoms with Crippen molar-refractivity contribution < 1.29 is 4.74 Å². The summed E-state index contributed by atoms with van der Waals surface area (Å²) in [4.78, 5) is 22.5. The topological polar surface area (TPSA) is 67.3 Å². The molecule has 0 amide bonds. The van der Waals surface area contributed by atoms with Gasteiger partial charge in [0.1, 0.15) is 11.6 Å². The van der Waals surface area contributed by atoms with E-state index < -0.39 is 0 Å². The maximum Gasteiger partial charge on any atom is 0.228 e. The van der Waals surface area contributed by atoms with Gasteiger partial charge >= 0.3 is 0 Å². The number of hydrogen-bond donors (Lipinski definition) is 0. The molecule has 0 radical (unpaired) electrons. The van der Waals surface area contributed by atoms with Crippen molar-refractivity contribution in [2.75, 3.05) is 43.1 Å². The minimum absolute atomic E-state index is 0.0126. The second-order valence-corrected chi connectivity index (χ2v) is 7.28. The fraction of sp³-hybridized carbons (Fsp3) is 0.556. The first-order chi connectivity index (χ1) is 11.9. The van der Waals surface area contributed by atoms with Crippen molar-refractivity contribution in [1.29, 1.82) is 0 Å². The molecule has 0 aliphatic carbocycles. The van der Waals surface area contributed by atoms with Crippen LogP contribution in [0.3, 0.4) is 0 Å². The summed E-state index contributed by atoms with van der Waals surface area (Å²) in [5.41, 5.74) is 1.09. The molecular weight excluding hydrogens is 316 g/mol. The number of rotatable bonds is 3. The molecular formula is C18H26N6O. The van der Waals surface area contributed by atoms with Crippen molar-refractivity contribution in [2.24, 2.45) is 0 Å². The molecule has 0 N–H and O–H groups in total. The van der Waals surface area contributed by atoms with Gasteiger partial charge in [0, 0.05) is 49.9 Å². The molecule has 1 aliphatic rings. The van der Waals surface area contributed by atoms with E-state index in [9.17, 15) is 0 Å². The summed E-state index contributed by atoms with van der Waals surface area (Å²) in [5.74, 6) is 3.13. The number of nitrogens with zero attached hydrogens (tertiary/aromatic N) is 6. The average molecular weight is 342 g/mol. The molecule has 3 rings (SSSR count). The molecule has 0 unspecified atom stereocenters. The third-order valence-corrected chi connectivity index (χ3v) is 4.31. The summed E-state index contributed by atoms with van der Waals surface area (Å²) < 4.78 is 5.19. The highest BCUT2D eigenvalue weighted by Gasteiger charge is 2.23. The summed E-state index contributed by atoms with van der Waals surface area (Å²) in [6.45, 7) is 11.9. The average Bonchev–Trinajstić information content (AvgIpc) is 2.60. The van der Waals surface area contributed by atoms with Crippen molar-refractivity contribution in [2.45, 2.75) is 33.1 Å². The van der Waals surface area contributed by atoms with Crippen LogP contribution in [0.5, 0.6) is 5.88 Å². The monoisotopic (exact) mass is 342 g/mol. The fourth-order valence-electron chi connectivity index (χ4n) is 2.83. The van der Waals surface area contributed by atoms with Crippen molar-refractivity contribution in [3.8, 4) is 5.88 Å². The zero-order valence-electron chi connectivity index (χ0n) is 15.7. The number of piperazine rings is 1. The molecule has 25 heavy (non-hydrogen) atoms. The third kappa shape index (κ3) is 3.97. The summed E-state index contributed by atoms with van der Waals surface area (Å²) in [6.07, 6.45) is 1.73. The number of aromatic nitrogens is 4. The lowest BCUT2D eigenvalue weighted by Gasteiger charge is -2.35. The highest BCUT2D eigenvalue weighted by atomic mass is 16.5. The van der Waals surface area contributed by atoms with Crippen molar-refractivity contribution in [3.05, 3.63) is 29.8 Å². The van der Waals surface area contributed by atoms with E-state index in [1.54, 1.807) is 19.4 Å². The Balaban J connectivity index is 1.73. The molecule has 0 atom stereocenters. The SMILES string of the molecule is COc1ccnc(N2CCN(c3cc(C(C)(C)C)nc(C)n3)CC2)n1. The van der Waals surface area contributed by atoms with Gasteiger partial charge in [0.25, 0.3) is 0 Å². The summed E-state index contributed by atoms with van der Waals surface area (Å²) in [7, 11) is 1.62. The minimum Gasteiger partial charge on any atom is -0.481 e. The molecule has 2 aromatic rings. The Morgan fingerprint density at radius 2 is 1.68 bits per heavy atom. The van der Waals surface area contributed by atoms with Crippen molar-refractivity contribution in [3.63, 3.8) is 0 Å². The van der Waals surface area contributed by atoms with E-state index in [0.29, 0.717) is 11.8 Å². The van der Waals surface area contributed by atoms with E-state index >= 15 is 0 Å². The van der Waals surface area contributed by atoms with Crippen molar-refractivity contribution >= 4 is 11.8 Å². The van der Waals surface area contributed by atoms with Crippen LogP contribution in [-0.4, -0.2) is 53.2 Å². The van der Waals surface area contributed by atoms with Gasteiger partial charge in [0.15, 0.2) is 0 Å². The number of methoxy groups -OCH3 is 1. The largest absolute Gasteiger partial charge is 0.481 e. The van der Waals surface area contributed by atoms with Crippen LogP contribution in [0, 0.1) is 6.92 Å². The Bertz CT molecular complexity index is 735. The van der Waals surface area contributed by atoms with Crippen LogP contribution in [0.4, 0.5) is 11.8 Å². The predicted octanol–water partition coefficient (Wildman–Crippen LogP) is 2.21. The highest BCUT2D eigenvalue weighted by Crippen LogP contribution is 2.25. The Kier molecular flexibility index (Phi) is 4.74. The number of hydrogen-bond acceptors (Lipinski definition) is 7. The summed E-state index contributed by atoms with van der Waals surface area (Å²) in [5, 5.41) is 0. The van der Waals surface area contributed by atoms with Crippen LogP contribution in [0.25, 0.3) is 0 Å². The molecule has 0 spiro atoms. The van der Waals surface area contributed by atoms with Gasteiger partial charge in [-0.1, -0.05) is 20.8 Å². The Labute approximate surface area is 149 Å². The van der Waals surface area contributed by atoms with E-state index in [4.69, 9.17) is 4.74 Å². The first-order valence-corrected chi connectivity index (χ1v) is 8.60. The molecule has 0 saturated carbocycles. The first kappa shape index (κ1) is 17.4. The van der Waals surface area contributed by atoms with Crippen LogP contribution in [0.2, 0.25) is 0 Å². The zero-order valence-corrected chi connectivity index (χ0v) is 15.7. The highest BCUT2D eigenvalue weighted by molar-refractivity contribution is 5.44. The van der Waals surface area contributed by atoms with Crippen molar-refractivity contribution in [1.82, 2.24) is 19.9 Å². The van der Waals surface area contributed by atoms with E-state index in [-0.39, 0.29) is 5.41 Å². The molecule has 0 bridgehead atoms. The van der Waals surface area contributed by atoms with Crippen LogP contribution >= 0.6 is 0 Å². The Hall–Kier alpha value is -2.44. The van der Waals surface area contributed by atoms with Gasteiger partial charge in [0.2, 0.25) is 11.8 Å². The molecule has 0 aromatic carbocycles. The van der Waals surface area contributed by atoms with Gasteiger partial charge in [0.05, 0.1) is 12.8 Å². The predicted molar refractivity (Wildman–Crippen MR) is 98.5 cm³/mol. The quantitative estimate of drug-likeness (QED) is 0.847. The standard InChI is InChI=1S/C18H26N6O/c1-13-20-14(18(2,3)4)12-15(21-13)23-8-10-24(11-9-23)17-19-7-6-16(22-17)25-5/h6-7,12H,8-11H2,1-5H3. The molecule has 7 nitrogen and oxygen atoms in total. The van der Waals surface area contributed by atoms with Crippen LogP contribution in [0.15, 0.2) is 18.3 Å². The second kappa shape index (κ2) is 6.82. The minimum atomic E-state index is 0.0126. The van der Waals surface area contributed by atoms with E-state index in [1.807, 2.05) is 6.92 Å². The lowest BCUT2D eigenvalue weighted by atomic mass is 9.92. The fourth-order valence-corrected chi connectivity index (χ4v) is 2.83. The van der Waals surface area contributed by atoms with Gasteiger partial charge in [-0.3, -0.25) is 0 Å². The maximum absolute atomic E-state index is 5.19. The molecule has 1 aliphatic heterocycles. The van der Waals surface area contributed by atoms with Gasteiger partial charge in [-0.25, -0.2) is 15.0 Å². The van der Waals surface area contributed by atoms with Gasteiger partial charge in [-0.15, -0.1) is 0 Å². The molecule has 2 aromatic heterocycles. The first-order valence-electron chi connectivity index (χ1n) is 8.60. The smallest absolute Gasteiger partial charge is 0.228 e. The van der Waals surface area contributed by atoms with Gasteiger partial charge in [-0.05, 0) is 6.92 Å². The van der Waals surface area contributed by atoms with Gasteiger partial charge < -0.3 is 14.5 Å². The van der Waals surface area contributed by atoms with Crippen LogP contribution < -0.4 is 14.5 Å². The number of aryl methyl sites for hydroxylation is 1. The Morgan fingerprint density at radius 1 is 1.00 bits per heavy atom. The van der Waals surface area contributed by atoms with Gasteiger partial charge in [-0.2, -0.15) is 4.98 Å². The zero-order chi connectivity index (χ0) is 18.0. The lowest BCUT2D eigenvalue weighted by Crippen LogP contribution is -2.47. The van der Waals surface area contributed by atoms with E-state index in [1.165, 1.54) is 0 Å². The number of ether oxygens (including phenoxy) is 1. The molecule has 134 valence electrons. The maximum atomic E-state index is 5.19. The third-order valence-electron chi connectivity index (χ3n) is 4.31. The molecule has 1 saturated heterocycles. The normalized spacial score (nSPS) is 15.4. The summed E-state index contributed by atoms with van der Waals surface area (Å²) in [6, 6.07) is 3.88. The Morgan fingerprint density at radius 3 is 2.32 bits per heavy atom. The molecule has 1 fully saturated rings. The van der Waals surface area contributed by atoms with E-state index in [0.717, 1.165) is 43.5 Å².